The summed E-state index contributed by atoms with van der Waals surface area (Å²) >= 11 is 0. The third-order valence-electron chi connectivity index (χ3n) is 0.762. The van der Waals surface area contributed by atoms with Crippen LogP contribution in [0.4, 0.5) is 0 Å². The van der Waals surface area contributed by atoms with E-state index < -0.39 is 0 Å². The fraction of sp³-hybridized carbons (Fsp3) is 0.333. The number of aliphatic imine (C=N–C) groups is 2. The lowest BCUT2D eigenvalue weighted by molar-refractivity contribution is 1.27. The van der Waals surface area contributed by atoms with Gasteiger partial charge in [-0.05, 0) is 13.6 Å². The highest BCUT2D eigenvalue weighted by molar-refractivity contribution is 5.84. The number of rotatable bonds is 3. The summed E-state index contributed by atoms with van der Waals surface area (Å²) in [6.45, 7) is 5.59. The molecule has 0 aromatic rings. The monoisotopic (exact) mass is 125 g/mol. The highest BCUT2D eigenvalue weighted by atomic mass is 14.8. The molecule has 0 spiro atoms. The lowest BCUT2D eigenvalue weighted by Gasteiger charge is -1.86. The molecular formula is C6H11N3. The molecule has 0 atom stereocenters. The second kappa shape index (κ2) is 5.18. The van der Waals surface area contributed by atoms with Crippen molar-refractivity contribution in [3.63, 3.8) is 0 Å². The third-order valence-corrected chi connectivity index (χ3v) is 0.762. The van der Waals surface area contributed by atoms with Gasteiger partial charge in [0, 0.05) is 24.7 Å². The van der Waals surface area contributed by atoms with Crippen LogP contribution in [0.1, 0.15) is 6.92 Å². The molecule has 0 saturated carbocycles. The maximum absolute atomic E-state index is 5.24. The summed E-state index contributed by atoms with van der Waals surface area (Å²) in [7, 11) is 0. The normalized spacial score (nSPS) is 12.4. The summed E-state index contributed by atoms with van der Waals surface area (Å²) in [4.78, 5) is 7.37. The molecule has 0 bridgehead atoms. The Morgan fingerprint density at radius 3 is 2.78 bits per heavy atom. The Morgan fingerprint density at radius 2 is 2.33 bits per heavy atom. The zero-order valence-corrected chi connectivity index (χ0v) is 5.54. The predicted molar refractivity (Wildman–Crippen MR) is 40.9 cm³/mol. The molecule has 0 aromatic heterocycles. The zero-order valence-electron chi connectivity index (χ0n) is 5.54. The summed E-state index contributed by atoms with van der Waals surface area (Å²) < 4.78 is 0. The van der Waals surface area contributed by atoms with Crippen molar-refractivity contribution < 1.29 is 0 Å². The average molecular weight is 125 g/mol. The first-order valence-electron chi connectivity index (χ1n) is 2.65. The molecule has 0 aromatic carbocycles. The van der Waals surface area contributed by atoms with Gasteiger partial charge in [-0.2, -0.15) is 0 Å². The van der Waals surface area contributed by atoms with Crippen molar-refractivity contribution in [3.05, 3.63) is 12.4 Å². The number of hydrogen-bond acceptors (Lipinski definition) is 3. The van der Waals surface area contributed by atoms with Gasteiger partial charge in [-0.3, -0.25) is 9.98 Å². The van der Waals surface area contributed by atoms with Crippen LogP contribution in [0.3, 0.4) is 0 Å². The highest BCUT2D eigenvalue weighted by Crippen LogP contribution is 1.77. The van der Waals surface area contributed by atoms with Crippen molar-refractivity contribution >= 4 is 12.4 Å². The fourth-order valence-electron chi connectivity index (χ4n) is 0.260. The Balaban J connectivity index is 3.67. The van der Waals surface area contributed by atoms with Crippen LogP contribution in [0.15, 0.2) is 22.4 Å². The third kappa shape index (κ3) is 4.90. The van der Waals surface area contributed by atoms with Gasteiger partial charge in [0.2, 0.25) is 0 Å². The molecule has 3 heteroatoms. The molecule has 0 radical (unpaired) electrons. The summed E-state index contributed by atoms with van der Waals surface area (Å²) in [5.74, 6) is 0. The van der Waals surface area contributed by atoms with Crippen molar-refractivity contribution in [1.29, 1.82) is 0 Å². The minimum absolute atomic E-state index is 0.488. The summed E-state index contributed by atoms with van der Waals surface area (Å²) in [6, 6.07) is 0. The molecule has 0 aliphatic rings. The van der Waals surface area contributed by atoms with Crippen LogP contribution in [0.25, 0.3) is 0 Å². The molecule has 0 saturated heterocycles. The van der Waals surface area contributed by atoms with E-state index >= 15 is 0 Å². The van der Waals surface area contributed by atoms with Crippen molar-refractivity contribution in [2.75, 3.05) is 6.54 Å². The molecule has 0 unspecified atom stereocenters. The largest absolute Gasteiger partial charge is 0.325 e. The van der Waals surface area contributed by atoms with Gasteiger partial charge in [0.15, 0.2) is 0 Å². The van der Waals surface area contributed by atoms with Crippen molar-refractivity contribution in [3.8, 4) is 0 Å². The maximum atomic E-state index is 5.24. The summed E-state index contributed by atoms with van der Waals surface area (Å²) in [6.07, 6.45) is 3.08. The molecule has 0 amide bonds. The standard InChI is InChI=1S/C6H11N3/c1-6(5-7)9-4-3-8-2/h3-4H,2,5,7H2,1H3/b4-3-,9-6?. The average Bonchev–Trinajstić information content (AvgIpc) is 1.89. The SMILES string of the molecule is C=N/C=C\N=C(C)CN. The molecule has 9 heavy (non-hydrogen) atoms. The number of nitrogens with two attached hydrogens (primary N) is 1. The second-order valence-electron chi connectivity index (χ2n) is 1.55. The minimum Gasteiger partial charge on any atom is -0.325 e. The van der Waals surface area contributed by atoms with Crippen LogP contribution < -0.4 is 5.73 Å². The Labute approximate surface area is 55.0 Å². The Morgan fingerprint density at radius 1 is 1.67 bits per heavy atom. The lowest BCUT2D eigenvalue weighted by atomic mass is 10.4. The molecule has 50 valence electrons. The molecule has 0 heterocycles. The number of nitrogens with zero attached hydrogens (tertiary/aromatic N) is 2. The van der Waals surface area contributed by atoms with E-state index in [9.17, 15) is 0 Å². The molecule has 0 aliphatic heterocycles. The minimum atomic E-state index is 0.488. The van der Waals surface area contributed by atoms with Crippen LogP contribution in [-0.4, -0.2) is 19.0 Å². The van der Waals surface area contributed by atoms with E-state index in [4.69, 9.17) is 5.73 Å². The quantitative estimate of drug-likeness (QED) is 0.551. The summed E-state index contributed by atoms with van der Waals surface area (Å²) in [5.41, 5.74) is 6.13. The van der Waals surface area contributed by atoms with Gasteiger partial charge in [-0.1, -0.05) is 0 Å². The first kappa shape index (κ1) is 8.04. The first-order chi connectivity index (χ1) is 4.31. The predicted octanol–water partition coefficient (Wildman–Crippen LogP) is 0.578. The van der Waals surface area contributed by atoms with Crippen LogP contribution in [-0.2, 0) is 0 Å². The maximum Gasteiger partial charge on any atom is 0.0450 e. The second-order valence-corrected chi connectivity index (χ2v) is 1.55. The van der Waals surface area contributed by atoms with E-state index in [0.29, 0.717) is 6.54 Å². The van der Waals surface area contributed by atoms with Crippen molar-refractivity contribution in [2.45, 2.75) is 6.92 Å². The van der Waals surface area contributed by atoms with E-state index in [0.717, 1.165) is 5.71 Å². The van der Waals surface area contributed by atoms with Gasteiger partial charge in [-0.25, -0.2) is 0 Å². The Hall–Kier alpha value is -0.960. The van der Waals surface area contributed by atoms with Crippen LogP contribution in [0.5, 0.6) is 0 Å². The van der Waals surface area contributed by atoms with E-state index in [1.165, 1.54) is 6.20 Å². The van der Waals surface area contributed by atoms with E-state index in [1.807, 2.05) is 6.92 Å². The fourth-order valence-corrected chi connectivity index (χ4v) is 0.260. The van der Waals surface area contributed by atoms with E-state index in [2.05, 4.69) is 16.7 Å². The molecule has 0 fully saturated rings. The zero-order chi connectivity index (χ0) is 7.11. The van der Waals surface area contributed by atoms with Gasteiger partial charge >= 0.3 is 0 Å². The highest BCUT2D eigenvalue weighted by Gasteiger charge is 1.78. The van der Waals surface area contributed by atoms with Gasteiger partial charge in [-0.15, -0.1) is 0 Å². The van der Waals surface area contributed by atoms with E-state index in [-0.39, 0.29) is 0 Å². The van der Waals surface area contributed by atoms with Gasteiger partial charge in [0.1, 0.15) is 0 Å². The van der Waals surface area contributed by atoms with Crippen LogP contribution in [0.2, 0.25) is 0 Å². The van der Waals surface area contributed by atoms with Crippen LogP contribution >= 0.6 is 0 Å². The summed E-state index contributed by atoms with van der Waals surface area (Å²) in [5, 5.41) is 0. The molecule has 3 nitrogen and oxygen atoms in total. The topological polar surface area (TPSA) is 50.7 Å². The van der Waals surface area contributed by atoms with Gasteiger partial charge < -0.3 is 5.73 Å². The molecular weight excluding hydrogens is 114 g/mol. The lowest BCUT2D eigenvalue weighted by Crippen LogP contribution is -2.08. The van der Waals surface area contributed by atoms with E-state index in [1.54, 1.807) is 6.20 Å². The number of hydrogen-bond donors (Lipinski definition) is 1. The Bertz CT molecular complexity index is 135. The Kier molecular flexibility index (Phi) is 4.63. The van der Waals surface area contributed by atoms with Gasteiger partial charge in [0.25, 0.3) is 0 Å². The first-order valence-corrected chi connectivity index (χ1v) is 2.65. The van der Waals surface area contributed by atoms with Crippen molar-refractivity contribution in [2.24, 2.45) is 15.7 Å². The molecule has 2 N–H and O–H groups in total. The smallest absolute Gasteiger partial charge is 0.0450 e. The van der Waals surface area contributed by atoms with Gasteiger partial charge in [0.05, 0.1) is 0 Å². The van der Waals surface area contributed by atoms with Crippen LogP contribution in [0, 0.1) is 0 Å². The molecule has 0 aliphatic carbocycles. The molecule has 0 rings (SSSR count). The van der Waals surface area contributed by atoms with Crippen molar-refractivity contribution in [1.82, 2.24) is 0 Å².